The minimum atomic E-state index is -0.0649. The van der Waals surface area contributed by atoms with Crippen molar-refractivity contribution in [1.29, 1.82) is 0 Å². The van der Waals surface area contributed by atoms with Crippen molar-refractivity contribution in [1.82, 2.24) is 19.9 Å². The summed E-state index contributed by atoms with van der Waals surface area (Å²) in [6, 6.07) is 15.8. The Morgan fingerprint density at radius 2 is 1.77 bits per heavy atom. The van der Waals surface area contributed by atoms with Gasteiger partial charge in [-0.05, 0) is 56.4 Å². The number of nitrogens with zero attached hydrogens (tertiary/aromatic N) is 4. The average molecular weight is 399 g/mol. The molecule has 1 saturated heterocycles. The molecule has 1 atom stereocenters. The summed E-state index contributed by atoms with van der Waals surface area (Å²) in [5.41, 5.74) is 2.79. The van der Waals surface area contributed by atoms with Crippen LogP contribution in [0.3, 0.4) is 0 Å². The Hall–Kier alpha value is -3.28. The van der Waals surface area contributed by atoms with Gasteiger partial charge in [-0.1, -0.05) is 18.2 Å². The molecule has 0 spiro atoms. The topological polar surface area (TPSA) is 71.0 Å². The van der Waals surface area contributed by atoms with E-state index in [2.05, 4.69) is 10.3 Å². The third-order valence-electron chi connectivity index (χ3n) is 5.78. The second kappa shape index (κ2) is 8.22. The molecule has 5 rings (SSSR count). The first-order chi connectivity index (χ1) is 14.8. The van der Waals surface area contributed by atoms with Crippen LogP contribution in [0.25, 0.3) is 11.3 Å². The molecule has 3 heterocycles. The van der Waals surface area contributed by atoms with E-state index in [1.807, 2.05) is 53.4 Å². The number of pyridine rings is 1. The number of hydrogen-bond donors (Lipinski definition) is 1. The number of amides is 1. The lowest BCUT2D eigenvalue weighted by Crippen LogP contribution is -2.40. The maximum atomic E-state index is 12.9. The standard InChI is InChI=1S/C24H25N5O/c30-24(18-9-10-18)29-15-5-4-8-21(29)23-27-20(17-11-13-25-14-12-17)16-22(28-23)26-19-6-2-1-3-7-19/h1-3,6-7,11-14,16,18,21H,4-5,8-10,15H2,(H,26,27,28)/t21-/m0/s1. The number of nitrogens with one attached hydrogen (secondary N) is 1. The number of carbonyl (C=O) groups is 1. The second-order valence-corrected chi connectivity index (χ2v) is 8.04. The van der Waals surface area contributed by atoms with Crippen LogP contribution in [0.15, 0.2) is 60.9 Å². The van der Waals surface area contributed by atoms with Crippen LogP contribution in [0.4, 0.5) is 11.5 Å². The van der Waals surface area contributed by atoms with Gasteiger partial charge in [0.1, 0.15) is 5.82 Å². The van der Waals surface area contributed by atoms with Crippen LogP contribution in [-0.2, 0) is 4.79 Å². The summed E-state index contributed by atoms with van der Waals surface area (Å²) in [6.45, 7) is 0.796. The van der Waals surface area contributed by atoms with Gasteiger partial charge in [0.05, 0.1) is 11.7 Å². The Balaban J connectivity index is 1.54. The Morgan fingerprint density at radius 3 is 2.53 bits per heavy atom. The second-order valence-electron chi connectivity index (χ2n) is 8.04. The lowest BCUT2D eigenvalue weighted by Gasteiger charge is -2.35. The highest BCUT2D eigenvalue weighted by Gasteiger charge is 2.38. The van der Waals surface area contributed by atoms with E-state index in [9.17, 15) is 4.79 Å². The van der Waals surface area contributed by atoms with Crippen molar-refractivity contribution in [3.8, 4) is 11.3 Å². The quantitative estimate of drug-likeness (QED) is 0.671. The molecule has 1 saturated carbocycles. The fourth-order valence-electron chi connectivity index (χ4n) is 4.05. The van der Waals surface area contributed by atoms with Gasteiger partial charge in [-0.2, -0.15) is 0 Å². The van der Waals surface area contributed by atoms with E-state index in [-0.39, 0.29) is 17.9 Å². The molecule has 6 heteroatoms. The number of para-hydroxylation sites is 1. The van der Waals surface area contributed by atoms with Gasteiger partial charge >= 0.3 is 0 Å². The molecule has 6 nitrogen and oxygen atoms in total. The zero-order valence-electron chi connectivity index (χ0n) is 16.9. The summed E-state index contributed by atoms with van der Waals surface area (Å²) >= 11 is 0. The molecule has 30 heavy (non-hydrogen) atoms. The van der Waals surface area contributed by atoms with Crippen molar-refractivity contribution in [3.63, 3.8) is 0 Å². The Bertz CT molecular complexity index is 1020. The van der Waals surface area contributed by atoms with Crippen LogP contribution in [0, 0.1) is 5.92 Å². The van der Waals surface area contributed by atoms with Crippen LogP contribution in [-0.4, -0.2) is 32.3 Å². The first-order valence-corrected chi connectivity index (χ1v) is 10.7. The third-order valence-corrected chi connectivity index (χ3v) is 5.78. The van der Waals surface area contributed by atoms with Crippen molar-refractivity contribution >= 4 is 17.4 Å². The smallest absolute Gasteiger partial charge is 0.226 e. The molecule has 0 unspecified atom stereocenters. The largest absolute Gasteiger partial charge is 0.340 e. The molecule has 152 valence electrons. The first-order valence-electron chi connectivity index (χ1n) is 10.7. The molecular weight excluding hydrogens is 374 g/mol. The molecule has 0 bridgehead atoms. The van der Waals surface area contributed by atoms with Crippen molar-refractivity contribution in [2.75, 3.05) is 11.9 Å². The number of likely N-dealkylation sites (tertiary alicyclic amines) is 1. The van der Waals surface area contributed by atoms with Gasteiger partial charge in [-0.3, -0.25) is 9.78 Å². The van der Waals surface area contributed by atoms with E-state index in [1.165, 1.54) is 0 Å². The van der Waals surface area contributed by atoms with E-state index < -0.39 is 0 Å². The van der Waals surface area contributed by atoms with Crippen molar-refractivity contribution in [3.05, 3.63) is 66.7 Å². The van der Waals surface area contributed by atoms with E-state index in [0.717, 1.165) is 67.2 Å². The molecule has 1 amide bonds. The van der Waals surface area contributed by atoms with Crippen LogP contribution in [0.2, 0.25) is 0 Å². The van der Waals surface area contributed by atoms with Gasteiger partial charge in [0, 0.05) is 42.2 Å². The molecule has 1 aromatic carbocycles. The normalized spacial score (nSPS) is 18.8. The summed E-state index contributed by atoms with van der Waals surface area (Å²) in [5, 5.41) is 3.40. The fourth-order valence-corrected chi connectivity index (χ4v) is 4.05. The molecule has 2 fully saturated rings. The van der Waals surface area contributed by atoms with Crippen LogP contribution < -0.4 is 5.32 Å². The van der Waals surface area contributed by atoms with Crippen LogP contribution in [0.5, 0.6) is 0 Å². The molecule has 0 radical (unpaired) electrons. The molecule has 2 aromatic heterocycles. The molecular formula is C24H25N5O. The SMILES string of the molecule is O=C(C1CC1)N1CCCC[C@H]1c1nc(Nc2ccccc2)cc(-c2ccncc2)n1. The molecule has 1 N–H and O–H groups in total. The monoisotopic (exact) mass is 399 g/mol. The Morgan fingerprint density at radius 1 is 0.967 bits per heavy atom. The molecule has 2 aliphatic rings. The van der Waals surface area contributed by atoms with E-state index in [4.69, 9.17) is 9.97 Å². The number of benzene rings is 1. The van der Waals surface area contributed by atoms with Crippen molar-refractivity contribution in [2.24, 2.45) is 5.92 Å². The summed E-state index contributed by atoms with van der Waals surface area (Å²) in [4.78, 5) is 28.8. The van der Waals surface area contributed by atoms with Crippen molar-refractivity contribution in [2.45, 2.75) is 38.1 Å². The van der Waals surface area contributed by atoms with Gasteiger partial charge in [0.25, 0.3) is 0 Å². The Kier molecular flexibility index (Phi) is 5.13. The van der Waals surface area contributed by atoms with E-state index >= 15 is 0 Å². The average Bonchev–Trinajstić information content (AvgIpc) is 3.65. The number of anilines is 2. The predicted octanol–water partition coefficient (Wildman–Crippen LogP) is 4.75. The van der Waals surface area contributed by atoms with E-state index in [1.54, 1.807) is 12.4 Å². The summed E-state index contributed by atoms with van der Waals surface area (Å²) in [6.07, 6.45) is 8.61. The summed E-state index contributed by atoms with van der Waals surface area (Å²) in [7, 11) is 0. The summed E-state index contributed by atoms with van der Waals surface area (Å²) in [5.74, 6) is 1.94. The first kappa shape index (κ1) is 18.7. The summed E-state index contributed by atoms with van der Waals surface area (Å²) < 4.78 is 0. The predicted molar refractivity (Wildman–Crippen MR) is 116 cm³/mol. The fraction of sp³-hybridized carbons (Fsp3) is 0.333. The molecule has 3 aromatic rings. The minimum absolute atomic E-state index is 0.0649. The number of piperidine rings is 1. The molecule has 1 aliphatic carbocycles. The number of carbonyl (C=O) groups excluding carboxylic acids is 1. The highest BCUT2D eigenvalue weighted by Crippen LogP contribution is 2.38. The maximum absolute atomic E-state index is 12.9. The molecule has 1 aliphatic heterocycles. The van der Waals surface area contributed by atoms with Crippen LogP contribution in [0.1, 0.15) is 44.0 Å². The Labute approximate surface area is 176 Å². The van der Waals surface area contributed by atoms with Gasteiger partial charge < -0.3 is 10.2 Å². The van der Waals surface area contributed by atoms with Crippen molar-refractivity contribution < 1.29 is 4.79 Å². The zero-order valence-corrected chi connectivity index (χ0v) is 16.9. The van der Waals surface area contributed by atoms with Gasteiger partial charge in [0.15, 0.2) is 5.82 Å². The lowest BCUT2D eigenvalue weighted by molar-refractivity contribution is -0.136. The number of rotatable bonds is 5. The minimum Gasteiger partial charge on any atom is -0.340 e. The lowest BCUT2D eigenvalue weighted by atomic mass is 10.00. The maximum Gasteiger partial charge on any atom is 0.226 e. The highest BCUT2D eigenvalue weighted by molar-refractivity contribution is 5.81. The van der Waals surface area contributed by atoms with Crippen LogP contribution >= 0.6 is 0 Å². The zero-order chi connectivity index (χ0) is 20.3. The van der Waals surface area contributed by atoms with Gasteiger partial charge in [-0.15, -0.1) is 0 Å². The number of aromatic nitrogens is 3. The highest BCUT2D eigenvalue weighted by atomic mass is 16.2. The van der Waals surface area contributed by atoms with Gasteiger partial charge in [0.2, 0.25) is 5.91 Å². The van der Waals surface area contributed by atoms with E-state index in [0.29, 0.717) is 0 Å². The third kappa shape index (κ3) is 4.03. The van der Waals surface area contributed by atoms with Gasteiger partial charge in [-0.25, -0.2) is 9.97 Å². The number of hydrogen-bond acceptors (Lipinski definition) is 5.